The first kappa shape index (κ1) is 12.6. The summed E-state index contributed by atoms with van der Waals surface area (Å²) in [5.74, 6) is 0.903. The molecular weight excluding hydrogens is 282 g/mol. The minimum Gasteiger partial charge on any atom is -0.314 e. The summed E-state index contributed by atoms with van der Waals surface area (Å²) in [6.07, 6.45) is 6.67. The highest BCUT2D eigenvalue weighted by molar-refractivity contribution is 9.11. The summed E-state index contributed by atoms with van der Waals surface area (Å²) in [5.41, 5.74) is 0. The van der Waals surface area contributed by atoms with Gasteiger partial charge >= 0.3 is 0 Å². The van der Waals surface area contributed by atoms with Crippen molar-refractivity contribution in [1.29, 1.82) is 0 Å². The number of hydrogen-bond acceptors (Lipinski definition) is 2. The molecule has 0 saturated heterocycles. The molecule has 0 spiro atoms. The summed E-state index contributed by atoms with van der Waals surface area (Å²) in [4.78, 5) is 1.54. The van der Waals surface area contributed by atoms with Crippen molar-refractivity contribution in [3.05, 3.63) is 20.8 Å². The predicted octanol–water partition coefficient (Wildman–Crippen LogP) is 4.22. The van der Waals surface area contributed by atoms with E-state index in [9.17, 15) is 0 Å². The third-order valence-corrected chi connectivity index (χ3v) is 4.99. The lowest BCUT2D eigenvalue weighted by atomic mass is 10.0. The Bertz CT molecular complexity index is 323. The predicted molar refractivity (Wildman–Crippen MR) is 75.1 cm³/mol. The fraction of sp³-hybridized carbons (Fsp3) is 0.692. The summed E-state index contributed by atoms with van der Waals surface area (Å²) in [5, 5.41) is 3.65. The fourth-order valence-corrected chi connectivity index (χ4v) is 4.14. The molecule has 1 fully saturated rings. The molecule has 1 aromatic heterocycles. The molecule has 16 heavy (non-hydrogen) atoms. The van der Waals surface area contributed by atoms with Gasteiger partial charge in [0.25, 0.3) is 0 Å². The molecule has 0 amide bonds. The average molecular weight is 302 g/mol. The van der Waals surface area contributed by atoms with Gasteiger partial charge in [-0.05, 0) is 72.6 Å². The number of thiophene rings is 1. The Hall–Kier alpha value is 0.140. The lowest BCUT2D eigenvalue weighted by molar-refractivity contribution is 0.486. The van der Waals surface area contributed by atoms with E-state index < -0.39 is 0 Å². The van der Waals surface area contributed by atoms with Crippen LogP contribution in [0.2, 0.25) is 0 Å². The maximum absolute atomic E-state index is 3.65. The van der Waals surface area contributed by atoms with Gasteiger partial charge in [-0.1, -0.05) is 6.92 Å². The summed E-state index contributed by atoms with van der Waals surface area (Å²) in [7, 11) is 0. The lowest BCUT2D eigenvalue weighted by Crippen LogP contribution is -2.27. The Labute approximate surface area is 111 Å². The van der Waals surface area contributed by atoms with Crippen molar-refractivity contribution in [2.45, 2.75) is 45.1 Å². The van der Waals surface area contributed by atoms with Crippen LogP contribution in [0.5, 0.6) is 0 Å². The van der Waals surface area contributed by atoms with Gasteiger partial charge in [0.15, 0.2) is 0 Å². The van der Waals surface area contributed by atoms with E-state index in [1.807, 2.05) is 11.3 Å². The fourth-order valence-electron chi connectivity index (χ4n) is 2.54. The van der Waals surface area contributed by atoms with Crippen molar-refractivity contribution < 1.29 is 0 Å². The van der Waals surface area contributed by atoms with Crippen LogP contribution in [0.15, 0.2) is 15.9 Å². The smallest absolute Gasteiger partial charge is 0.0701 e. The monoisotopic (exact) mass is 301 g/mol. The summed E-state index contributed by atoms with van der Waals surface area (Å²) in [6.45, 7) is 3.42. The van der Waals surface area contributed by atoms with Crippen LogP contribution in [-0.2, 0) is 6.42 Å². The highest BCUT2D eigenvalue weighted by atomic mass is 79.9. The molecule has 2 unspecified atom stereocenters. The van der Waals surface area contributed by atoms with E-state index >= 15 is 0 Å². The minimum absolute atomic E-state index is 0.786. The summed E-state index contributed by atoms with van der Waals surface area (Å²) in [6, 6.07) is 5.22. The maximum atomic E-state index is 3.65. The van der Waals surface area contributed by atoms with Crippen molar-refractivity contribution in [3.8, 4) is 0 Å². The van der Waals surface area contributed by atoms with Gasteiger partial charge in [-0.3, -0.25) is 0 Å². The quantitative estimate of drug-likeness (QED) is 0.858. The molecule has 90 valence electrons. The molecule has 1 saturated carbocycles. The van der Waals surface area contributed by atoms with E-state index in [2.05, 4.69) is 40.3 Å². The van der Waals surface area contributed by atoms with Crippen LogP contribution >= 0.6 is 27.3 Å². The van der Waals surface area contributed by atoms with Gasteiger partial charge in [0.1, 0.15) is 0 Å². The highest BCUT2D eigenvalue weighted by Crippen LogP contribution is 2.32. The molecule has 1 N–H and O–H groups in total. The van der Waals surface area contributed by atoms with E-state index in [0.29, 0.717) is 0 Å². The number of hydrogen-bond donors (Lipinski definition) is 1. The SMILES string of the molecule is CCCNC1CCC(Cc2ccc(Br)s2)C1. The third kappa shape index (κ3) is 3.57. The van der Waals surface area contributed by atoms with Crippen LogP contribution in [0.25, 0.3) is 0 Å². The Morgan fingerprint density at radius 2 is 2.31 bits per heavy atom. The molecular formula is C13H20BrNS. The van der Waals surface area contributed by atoms with Gasteiger partial charge < -0.3 is 5.32 Å². The Balaban J connectivity index is 1.76. The second kappa shape index (κ2) is 6.18. The van der Waals surface area contributed by atoms with Crippen LogP contribution in [0.3, 0.4) is 0 Å². The molecule has 0 radical (unpaired) electrons. The van der Waals surface area contributed by atoms with E-state index in [1.54, 1.807) is 0 Å². The standard InChI is InChI=1S/C13H20BrNS/c1-2-7-15-11-4-3-10(8-11)9-12-5-6-13(14)16-12/h5-6,10-11,15H,2-4,7-9H2,1H3. The van der Waals surface area contributed by atoms with Gasteiger partial charge in [-0.15, -0.1) is 11.3 Å². The molecule has 1 aromatic rings. The van der Waals surface area contributed by atoms with Crippen LogP contribution in [-0.4, -0.2) is 12.6 Å². The molecule has 2 rings (SSSR count). The second-order valence-corrected chi connectivity index (χ2v) is 7.29. The zero-order valence-corrected chi connectivity index (χ0v) is 12.2. The normalized spacial score (nSPS) is 25.1. The largest absolute Gasteiger partial charge is 0.314 e. The van der Waals surface area contributed by atoms with Crippen LogP contribution in [0, 0.1) is 5.92 Å². The maximum Gasteiger partial charge on any atom is 0.0701 e. The molecule has 1 heterocycles. The topological polar surface area (TPSA) is 12.0 Å². The van der Waals surface area contributed by atoms with Gasteiger partial charge in [0.2, 0.25) is 0 Å². The Morgan fingerprint density at radius 1 is 1.44 bits per heavy atom. The average Bonchev–Trinajstić information content (AvgIpc) is 2.86. The molecule has 1 aliphatic carbocycles. The Morgan fingerprint density at radius 3 is 3.00 bits per heavy atom. The van der Waals surface area contributed by atoms with E-state index in [4.69, 9.17) is 0 Å². The van der Waals surface area contributed by atoms with E-state index in [0.717, 1.165) is 12.0 Å². The first-order valence-electron chi connectivity index (χ1n) is 6.25. The van der Waals surface area contributed by atoms with Gasteiger partial charge in [0.05, 0.1) is 3.79 Å². The van der Waals surface area contributed by atoms with Crippen LogP contribution < -0.4 is 5.32 Å². The molecule has 3 heteroatoms. The van der Waals surface area contributed by atoms with Gasteiger partial charge in [-0.25, -0.2) is 0 Å². The van der Waals surface area contributed by atoms with Crippen molar-refractivity contribution in [2.75, 3.05) is 6.54 Å². The third-order valence-electron chi connectivity index (χ3n) is 3.34. The molecule has 0 aliphatic heterocycles. The first-order valence-corrected chi connectivity index (χ1v) is 7.86. The molecule has 1 aliphatic rings. The zero-order chi connectivity index (χ0) is 11.4. The second-order valence-electron chi connectivity index (χ2n) is 4.74. The van der Waals surface area contributed by atoms with Crippen molar-refractivity contribution in [3.63, 3.8) is 0 Å². The molecule has 1 nitrogen and oxygen atoms in total. The summed E-state index contributed by atoms with van der Waals surface area (Å²) >= 11 is 5.42. The van der Waals surface area contributed by atoms with E-state index in [-0.39, 0.29) is 0 Å². The number of halogens is 1. The number of nitrogens with one attached hydrogen (secondary N) is 1. The molecule has 0 bridgehead atoms. The minimum atomic E-state index is 0.786. The summed E-state index contributed by atoms with van der Waals surface area (Å²) < 4.78 is 1.26. The van der Waals surface area contributed by atoms with Crippen LogP contribution in [0.4, 0.5) is 0 Å². The highest BCUT2D eigenvalue weighted by Gasteiger charge is 2.24. The molecule has 0 aromatic carbocycles. The van der Waals surface area contributed by atoms with Crippen molar-refractivity contribution in [2.24, 2.45) is 5.92 Å². The Kier molecular flexibility index (Phi) is 4.86. The first-order chi connectivity index (χ1) is 7.78. The molecule has 2 atom stereocenters. The van der Waals surface area contributed by atoms with Crippen molar-refractivity contribution >= 4 is 27.3 Å². The van der Waals surface area contributed by atoms with E-state index in [1.165, 1.54) is 47.3 Å². The van der Waals surface area contributed by atoms with Crippen LogP contribution in [0.1, 0.15) is 37.5 Å². The zero-order valence-electron chi connectivity index (χ0n) is 9.84. The number of rotatable bonds is 5. The lowest BCUT2D eigenvalue weighted by Gasteiger charge is -2.12. The van der Waals surface area contributed by atoms with Gasteiger partial charge in [0, 0.05) is 10.9 Å². The van der Waals surface area contributed by atoms with Crippen molar-refractivity contribution in [1.82, 2.24) is 5.32 Å². The van der Waals surface area contributed by atoms with Gasteiger partial charge in [-0.2, -0.15) is 0 Å².